The lowest BCUT2D eigenvalue weighted by Gasteiger charge is -2.11. The van der Waals surface area contributed by atoms with E-state index < -0.39 is 0 Å². The third-order valence-electron chi connectivity index (χ3n) is 3.87. The van der Waals surface area contributed by atoms with Crippen LogP contribution < -0.4 is 5.32 Å². The highest BCUT2D eigenvalue weighted by Gasteiger charge is 2.31. The Morgan fingerprint density at radius 1 is 1.10 bits per heavy atom. The minimum atomic E-state index is -0.0253. The maximum atomic E-state index is 12.7. The van der Waals surface area contributed by atoms with Gasteiger partial charge in [-0.2, -0.15) is 0 Å². The van der Waals surface area contributed by atoms with E-state index >= 15 is 0 Å². The first-order valence-electron chi connectivity index (χ1n) is 6.69. The SMILES string of the molecule is CNc1c2c(nc3ccc(O)cc13)-c1ccccc1C2=O. The summed E-state index contributed by atoms with van der Waals surface area (Å²) >= 11 is 0. The lowest BCUT2D eigenvalue weighted by Crippen LogP contribution is -2.03. The van der Waals surface area contributed by atoms with Crippen LogP contribution in [-0.4, -0.2) is 22.9 Å². The number of hydrogen-bond donors (Lipinski definition) is 2. The van der Waals surface area contributed by atoms with Gasteiger partial charge < -0.3 is 10.4 Å². The van der Waals surface area contributed by atoms with Crippen LogP contribution in [0.1, 0.15) is 15.9 Å². The molecule has 0 spiro atoms. The Balaban J connectivity index is 2.17. The van der Waals surface area contributed by atoms with Crippen LogP contribution in [0.4, 0.5) is 5.69 Å². The van der Waals surface area contributed by atoms with E-state index in [2.05, 4.69) is 10.3 Å². The lowest BCUT2D eigenvalue weighted by atomic mass is 10.0. The number of nitrogens with one attached hydrogen (secondary N) is 1. The Hall–Kier alpha value is -2.88. The van der Waals surface area contributed by atoms with Gasteiger partial charge in [-0.15, -0.1) is 0 Å². The molecule has 0 amide bonds. The Kier molecular flexibility index (Phi) is 2.30. The van der Waals surface area contributed by atoms with Gasteiger partial charge in [-0.1, -0.05) is 24.3 Å². The maximum Gasteiger partial charge on any atom is 0.198 e. The van der Waals surface area contributed by atoms with Crippen LogP contribution in [0.5, 0.6) is 5.75 Å². The molecule has 1 heterocycles. The first-order chi connectivity index (χ1) is 10.2. The van der Waals surface area contributed by atoms with Gasteiger partial charge in [0, 0.05) is 23.6 Å². The number of phenols is 1. The summed E-state index contributed by atoms with van der Waals surface area (Å²) in [7, 11) is 1.77. The van der Waals surface area contributed by atoms with Crippen LogP contribution in [0.2, 0.25) is 0 Å². The molecule has 0 atom stereocenters. The van der Waals surface area contributed by atoms with Gasteiger partial charge in [0.15, 0.2) is 5.78 Å². The number of aromatic nitrogens is 1. The molecule has 4 nitrogen and oxygen atoms in total. The molecule has 2 N–H and O–H groups in total. The summed E-state index contributed by atoms with van der Waals surface area (Å²) in [6.07, 6.45) is 0. The van der Waals surface area contributed by atoms with Crippen molar-refractivity contribution in [1.29, 1.82) is 0 Å². The number of aromatic hydroxyl groups is 1. The van der Waals surface area contributed by atoms with Crippen molar-refractivity contribution in [2.45, 2.75) is 0 Å². The van der Waals surface area contributed by atoms with E-state index in [1.54, 1.807) is 25.2 Å². The monoisotopic (exact) mass is 276 g/mol. The van der Waals surface area contributed by atoms with Crippen molar-refractivity contribution in [3.8, 4) is 17.0 Å². The highest BCUT2D eigenvalue weighted by molar-refractivity contribution is 6.26. The van der Waals surface area contributed by atoms with Crippen LogP contribution in [0.3, 0.4) is 0 Å². The number of ketones is 1. The van der Waals surface area contributed by atoms with Crippen LogP contribution in [0.15, 0.2) is 42.5 Å². The molecule has 4 rings (SSSR count). The van der Waals surface area contributed by atoms with Gasteiger partial charge in [0.25, 0.3) is 0 Å². The third kappa shape index (κ3) is 1.50. The van der Waals surface area contributed by atoms with Crippen molar-refractivity contribution < 1.29 is 9.90 Å². The van der Waals surface area contributed by atoms with E-state index in [0.29, 0.717) is 22.5 Å². The molecule has 2 aromatic carbocycles. The molecular formula is C17H12N2O2. The van der Waals surface area contributed by atoms with Crippen molar-refractivity contribution in [2.75, 3.05) is 12.4 Å². The molecule has 3 aromatic rings. The van der Waals surface area contributed by atoms with Crippen LogP contribution >= 0.6 is 0 Å². The molecule has 0 aliphatic heterocycles. The molecular weight excluding hydrogens is 264 g/mol. The number of phenolic OH excluding ortho intramolecular Hbond substituents is 1. The summed E-state index contributed by atoms with van der Waals surface area (Å²) in [5, 5.41) is 13.5. The van der Waals surface area contributed by atoms with Crippen molar-refractivity contribution in [3.63, 3.8) is 0 Å². The number of benzene rings is 2. The average Bonchev–Trinajstić information content (AvgIpc) is 2.79. The molecule has 0 saturated carbocycles. The normalized spacial score (nSPS) is 12.3. The fourth-order valence-electron chi connectivity index (χ4n) is 2.95. The number of carbonyl (C=O) groups is 1. The second-order valence-electron chi connectivity index (χ2n) is 5.04. The first kappa shape index (κ1) is 11.9. The predicted octanol–water partition coefficient (Wildman–Crippen LogP) is 3.19. The molecule has 1 aliphatic rings. The van der Waals surface area contributed by atoms with Gasteiger partial charge in [-0.3, -0.25) is 4.79 Å². The smallest absolute Gasteiger partial charge is 0.198 e. The van der Waals surface area contributed by atoms with E-state index in [-0.39, 0.29) is 11.5 Å². The molecule has 1 aromatic heterocycles. The second kappa shape index (κ2) is 4.06. The number of carbonyl (C=O) groups excluding carboxylic acids is 1. The Bertz CT molecular complexity index is 916. The van der Waals surface area contributed by atoms with Gasteiger partial charge in [-0.25, -0.2) is 4.98 Å². The number of hydrogen-bond acceptors (Lipinski definition) is 4. The lowest BCUT2D eigenvalue weighted by molar-refractivity contribution is 0.104. The molecule has 0 radical (unpaired) electrons. The molecule has 4 heteroatoms. The number of fused-ring (bicyclic) bond motifs is 4. The van der Waals surface area contributed by atoms with E-state index in [4.69, 9.17) is 0 Å². The zero-order valence-corrected chi connectivity index (χ0v) is 11.3. The molecule has 102 valence electrons. The summed E-state index contributed by atoms with van der Waals surface area (Å²) in [6, 6.07) is 12.5. The Labute approximate surface area is 121 Å². The van der Waals surface area contributed by atoms with Gasteiger partial charge in [-0.05, 0) is 18.2 Å². The zero-order chi connectivity index (χ0) is 14.6. The molecule has 0 unspecified atom stereocenters. The second-order valence-corrected chi connectivity index (χ2v) is 5.04. The molecule has 0 bridgehead atoms. The number of pyridine rings is 1. The number of nitrogens with zero attached hydrogens (tertiary/aromatic N) is 1. The summed E-state index contributed by atoms with van der Waals surface area (Å²) in [6.45, 7) is 0. The fraction of sp³-hybridized carbons (Fsp3) is 0.0588. The van der Waals surface area contributed by atoms with Crippen LogP contribution in [0, 0.1) is 0 Å². The maximum absolute atomic E-state index is 12.7. The topological polar surface area (TPSA) is 62.2 Å². The third-order valence-corrected chi connectivity index (χ3v) is 3.87. The van der Waals surface area contributed by atoms with E-state index in [1.807, 2.05) is 24.3 Å². The molecule has 1 aliphatic carbocycles. The summed E-state index contributed by atoms with van der Waals surface area (Å²) < 4.78 is 0. The standard InChI is InChI=1S/C17H12N2O2/c1-18-15-12-8-9(20)6-7-13(12)19-16-10-4-2-3-5-11(10)17(21)14(15)16/h2-8,20H,1H3,(H,18,19). The summed E-state index contributed by atoms with van der Waals surface area (Å²) in [5.41, 5.74) is 4.29. The highest BCUT2D eigenvalue weighted by atomic mass is 16.3. The van der Waals surface area contributed by atoms with Gasteiger partial charge in [0.05, 0.1) is 22.5 Å². The minimum Gasteiger partial charge on any atom is -0.508 e. The largest absolute Gasteiger partial charge is 0.508 e. The van der Waals surface area contributed by atoms with Crippen molar-refractivity contribution in [3.05, 3.63) is 53.6 Å². The predicted molar refractivity (Wildman–Crippen MR) is 81.8 cm³/mol. The van der Waals surface area contributed by atoms with Crippen molar-refractivity contribution >= 4 is 22.4 Å². The fourth-order valence-corrected chi connectivity index (χ4v) is 2.95. The quantitative estimate of drug-likeness (QED) is 0.560. The summed E-state index contributed by atoms with van der Waals surface area (Å²) in [4.78, 5) is 17.3. The van der Waals surface area contributed by atoms with Gasteiger partial charge in [0.2, 0.25) is 0 Å². The Morgan fingerprint density at radius 3 is 2.62 bits per heavy atom. The minimum absolute atomic E-state index is 0.0253. The number of anilines is 1. The number of rotatable bonds is 1. The highest BCUT2D eigenvalue weighted by Crippen LogP contribution is 2.42. The van der Waals surface area contributed by atoms with Gasteiger partial charge >= 0.3 is 0 Å². The molecule has 21 heavy (non-hydrogen) atoms. The van der Waals surface area contributed by atoms with Crippen molar-refractivity contribution in [2.24, 2.45) is 0 Å². The van der Waals surface area contributed by atoms with Crippen LogP contribution in [-0.2, 0) is 0 Å². The van der Waals surface area contributed by atoms with Crippen LogP contribution in [0.25, 0.3) is 22.2 Å². The Morgan fingerprint density at radius 2 is 1.86 bits per heavy atom. The first-order valence-corrected chi connectivity index (χ1v) is 6.69. The molecule has 0 fully saturated rings. The van der Waals surface area contributed by atoms with E-state index in [1.165, 1.54) is 0 Å². The van der Waals surface area contributed by atoms with E-state index in [9.17, 15) is 9.90 Å². The van der Waals surface area contributed by atoms with Crippen molar-refractivity contribution in [1.82, 2.24) is 4.98 Å². The summed E-state index contributed by atoms with van der Waals surface area (Å²) in [5.74, 6) is 0.131. The zero-order valence-electron chi connectivity index (χ0n) is 11.3. The van der Waals surface area contributed by atoms with Gasteiger partial charge in [0.1, 0.15) is 5.75 Å². The molecule has 0 saturated heterocycles. The van der Waals surface area contributed by atoms with E-state index in [0.717, 1.165) is 16.5 Å². The average molecular weight is 276 g/mol.